The van der Waals surface area contributed by atoms with E-state index in [0.717, 1.165) is 43.9 Å². The molecule has 0 bridgehead atoms. The van der Waals surface area contributed by atoms with Crippen LogP contribution >= 0.6 is 0 Å². The smallest absolute Gasteiger partial charge is 0.417 e. The summed E-state index contributed by atoms with van der Waals surface area (Å²) < 4.78 is 43.1. The van der Waals surface area contributed by atoms with Crippen LogP contribution in [0.25, 0.3) is 0 Å². The molecule has 1 N–H and O–H groups in total. The first-order valence-electron chi connectivity index (χ1n) is 9.11. The molecule has 150 valence electrons. The molecule has 1 aliphatic rings. The van der Waals surface area contributed by atoms with Crippen molar-refractivity contribution in [2.75, 3.05) is 25.0 Å². The minimum atomic E-state index is -4.43. The molecule has 1 fully saturated rings. The molecule has 2 aromatic rings. The van der Waals surface area contributed by atoms with Crippen LogP contribution in [0.3, 0.4) is 0 Å². The second-order valence-electron chi connectivity index (χ2n) is 6.83. The zero-order chi connectivity index (χ0) is 20.1. The number of carbonyl (C=O) groups excluding carboxylic acids is 1. The van der Waals surface area contributed by atoms with Crippen LogP contribution in [0, 0.1) is 5.92 Å². The topological polar surface area (TPSA) is 54.5 Å². The molecule has 0 radical (unpaired) electrons. The number of hydrogen-bond donors (Lipinski definition) is 1. The standard InChI is InChI=1S/C20H22F3N3O2/c1-26(19(27)9-2-14-10-11-24-12-14)16-4-6-17(7-5-16)28-18-8-3-15(13-25-18)20(21,22)23/h3-8,13-14,24H,2,9-12H2,1H3. The molecular formula is C20H22F3N3O2. The summed E-state index contributed by atoms with van der Waals surface area (Å²) in [7, 11) is 1.72. The zero-order valence-corrected chi connectivity index (χ0v) is 15.5. The van der Waals surface area contributed by atoms with E-state index in [2.05, 4.69) is 10.3 Å². The molecule has 1 amide bonds. The summed E-state index contributed by atoms with van der Waals surface area (Å²) in [5, 5.41) is 3.29. The number of anilines is 1. The van der Waals surface area contributed by atoms with Gasteiger partial charge in [0, 0.05) is 31.4 Å². The Kier molecular flexibility index (Phi) is 6.18. The van der Waals surface area contributed by atoms with Crippen LogP contribution in [0.4, 0.5) is 18.9 Å². The van der Waals surface area contributed by atoms with E-state index < -0.39 is 11.7 Å². The normalized spacial score (nSPS) is 16.8. The number of aromatic nitrogens is 1. The Morgan fingerprint density at radius 2 is 2.00 bits per heavy atom. The average molecular weight is 393 g/mol. The number of ether oxygens (including phenoxy) is 1. The summed E-state index contributed by atoms with van der Waals surface area (Å²) >= 11 is 0. The molecule has 3 rings (SSSR count). The van der Waals surface area contributed by atoms with Gasteiger partial charge in [0.25, 0.3) is 0 Å². The fourth-order valence-electron chi connectivity index (χ4n) is 3.07. The number of halogens is 3. The fraction of sp³-hybridized carbons (Fsp3) is 0.400. The van der Waals surface area contributed by atoms with E-state index in [1.54, 1.807) is 36.2 Å². The third-order valence-corrected chi connectivity index (χ3v) is 4.81. The van der Waals surface area contributed by atoms with Crippen molar-refractivity contribution in [3.05, 3.63) is 48.2 Å². The fourth-order valence-corrected chi connectivity index (χ4v) is 3.07. The molecule has 0 spiro atoms. The number of nitrogens with one attached hydrogen (secondary N) is 1. The van der Waals surface area contributed by atoms with Crippen molar-refractivity contribution in [1.29, 1.82) is 0 Å². The predicted octanol–water partition coefficient (Wildman–Crippen LogP) is 4.25. The van der Waals surface area contributed by atoms with Gasteiger partial charge >= 0.3 is 6.18 Å². The number of pyridine rings is 1. The van der Waals surface area contributed by atoms with Gasteiger partial charge in [-0.05, 0) is 62.2 Å². The average Bonchev–Trinajstić information content (AvgIpc) is 3.19. The Bertz CT molecular complexity index is 786. The molecule has 1 unspecified atom stereocenters. The van der Waals surface area contributed by atoms with E-state index in [1.165, 1.54) is 6.07 Å². The van der Waals surface area contributed by atoms with E-state index in [4.69, 9.17) is 4.74 Å². The van der Waals surface area contributed by atoms with Gasteiger partial charge in [0.15, 0.2) is 0 Å². The Hall–Kier alpha value is -2.61. The summed E-state index contributed by atoms with van der Waals surface area (Å²) in [6.45, 7) is 1.99. The summed E-state index contributed by atoms with van der Waals surface area (Å²) in [5.41, 5.74) is -0.106. The number of amides is 1. The van der Waals surface area contributed by atoms with Gasteiger partial charge in [-0.1, -0.05) is 0 Å². The third kappa shape index (κ3) is 5.22. The maximum Gasteiger partial charge on any atom is 0.417 e. The molecule has 1 atom stereocenters. The summed E-state index contributed by atoms with van der Waals surface area (Å²) in [6.07, 6.45) is -1.22. The van der Waals surface area contributed by atoms with Crippen molar-refractivity contribution >= 4 is 11.6 Å². The van der Waals surface area contributed by atoms with Crippen LogP contribution < -0.4 is 15.0 Å². The molecule has 8 heteroatoms. The minimum absolute atomic E-state index is 0.0463. The lowest BCUT2D eigenvalue weighted by molar-refractivity contribution is -0.137. The van der Waals surface area contributed by atoms with E-state index in [0.29, 0.717) is 18.1 Å². The lowest BCUT2D eigenvalue weighted by atomic mass is 10.0. The summed E-state index contributed by atoms with van der Waals surface area (Å²) in [6, 6.07) is 8.86. The summed E-state index contributed by atoms with van der Waals surface area (Å²) in [5.74, 6) is 1.10. The van der Waals surface area contributed by atoms with Gasteiger partial charge in [0.1, 0.15) is 5.75 Å². The number of alkyl halides is 3. The maximum absolute atomic E-state index is 12.6. The highest BCUT2D eigenvalue weighted by Crippen LogP contribution is 2.30. The van der Waals surface area contributed by atoms with E-state index in [9.17, 15) is 18.0 Å². The maximum atomic E-state index is 12.6. The van der Waals surface area contributed by atoms with Crippen molar-refractivity contribution in [3.8, 4) is 11.6 Å². The molecule has 0 saturated carbocycles. The van der Waals surface area contributed by atoms with Gasteiger partial charge in [0.05, 0.1) is 5.56 Å². The first kappa shape index (κ1) is 20.1. The van der Waals surface area contributed by atoms with Crippen molar-refractivity contribution in [1.82, 2.24) is 10.3 Å². The van der Waals surface area contributed by atoms with E-state index in [-0.39, 0.29) is 11.8 Å². The molecule has 2 heterocycles. The predicted molar refractivity (Wildman–Crippen MR) is 99.4 cm³/mol. The van der Waals surface area contributed by atoms with Gasteiger partial charge < -0.3 is 15.0 Å². The molecule has 0 aliphatic carbocycles. The van der Waals surface area contributed by atoms with Crippen LogP contribution in [-0.4, -0.2) is 31.0 Å². The van der Waals surface area contributed by atoms with Crippen molar-refractivity contribution in [2.24, 2.45) is 5.92 Å². The number of hydrogen-bond acceptors (Lipinski definition) is 4. The lowest BCUT2D eigenvalue weighted by Gasteiger charge is -2.18. The lowest BCUT2D eigenvalue weighted by Crippen LogP contribution is -2.26. The molecule has 5 nitrogen and oxygen atoms in total. The van der Waals surface area contributed by atoms with E-state index >= 15 is 0 Å². The van der Waals surface area contributed by atoms with Gasteiger partial charge in [-0.25, -0.2) is 4.98 Å². The monoisotopic (exact) mass is 393 g/mol. The van der Waals surface area contributed by atoms with Crippen LogP contribution in [0.5, 0.6) is 11.6 Å². The van der Waals surface area contributed by atoms with Gasteiger partial charge in [-0.2, -0.15) is 13.2 Å². The molecular weight excluding hydrogens is 371 g/mol. The Labute approximate surface area is 161 Å². The van der Waals surface area contributed by atoms with Crippen LogP contribution in [-0.2, 0) is 11.0 Å². The zero-order valence-electron chi connectivity index (χ0n) is 15.5. The number of benzene rings is 1. The van der Waals surface area contributed by atoms with Gasteiger partial charge in [-0.15, -0.1) is 0 Å². The molecule has 28 heavy (non-hydrogen) atoms. The Morgan fingerprint density at radius 3 is 2.57 bits per heavy atom. The number of carbonyl (C=O) groups is 1. The van der Waals surface area contributed by atoms with Crippen LogP contribution in [0.2, 0.25) is 0 Å². The first-order chi connectivity index (χ1) is 13.3. The van der Waals surface area contributed by atoms with E-state index in [1.807, 2.05) is 0 Å². The second kappa shape index (κ2) is 8.60. The first-order valence-corrected chi connectivity index (χ1v) is 9.11. The molecule has 1 aromatic heterocycles. The SMILES string of the molecule is CN(C(=O)CCC1CCNC1)c1ccc(Oc2ccc(C(F)(F)F)cn2)cc1. The van der Waals surface area contributed by atoms with Crippen LogP contribution in [0.1, 0.15) is 24.8 Å². The largest absolute Gasteiger partial charge is 0.439 e. The third-order valence-electron chi connectivity index (χ3n) is 4.81. The van der Waals surface area contributed by atoms with Gasteiger partial charge in [-0.3, -0.25) is 4.79 Å². The summed E-state index contributed by atoms with van der Waals surface area (Å²) in [4.78, 5) is 17.6. The highest BCUT2D eigenvalue weighted by molar-refractivity contribution is 5.92. The molecule has 1 aromatic carbocycles. The highest BCUT2D eigenvalue weighted by atomic mass is 19.4. The minimum Gasteiger partial charge on any atom is -0.439 e. The Morgan fingerprint density at radius 1 is 1.25 bits per heavy atom. The van der Waals surface area contributed by atoms with Crippen molar-refractivity contribution in [2.45, 2.75) is 25.4 Å². The highest BCUT2D eigenvalue weighted by Gasteiger charge is 2.30. The number of nitrogens with zero attached hydrogens (tertiary/aromatic N) is 2. The number of rotatable bonds is 6. The second-order valence-corrected chi connectivity index (χ2v) is 6.83. The van der Waals surface area contributed by atoms with Gasteiger partial charge in [0.2, 0.25) is 11.8 Å². The molecule has 1 saturated heterocycles. The quantitative estimate of drug-likeness (QED) is 0.797. The van der Waals surface area contributed by atoms with Crippen LogP contribution in [0.15, 0.2) is 42.6 Å². The van der Waals surface area contributed by atoms with Crippen molar-refractivity contribution in [3.63, 3.8) is 0 Å². The Balaban J connectivity index is 1.55. The molecule has 1 aliphatic heterocycles. The van der Waals surface area contributed by atoms with Crippen molar-refractivity contribution < 1.29 is 22.7 Å².